The maximum Gasteiger partial charge on any atom is 0.534 e. The Bertz CT molecular complexity index is 601. The fraction of sp³-hybridized carbons (Fsp3) is 0.444. The molecule has 1 aromatic rings. The van der Waals surface area contributed by atoms with Gasteiger partial charge in [0.25, 0.3) is 0 Å². The minimum absolute atomic E-state index is 0.0913. The molecule has 0 saturated carbocycles. The third-order valence-electron chi connectivity index (χ3n) is 2.50. The summed E-state index contributed by atoms with van der Waals surface area (Å²) in [6.45, 7) is 0. The van der Waals surface area contributed by atoms with E-state index in [1.54, 1.807) is 13.2 Å². The summed E-state index contributed by atoms with van der Waals surface area (Å²) in [4.78, 5) is 0. The number of rotatable bonds is 2. The van der Waals surface area contributed by atoms with Crippen molar-refractivity contribution >= 4 is 16.2 Å². The molecule has 1 aliphatic carbocycles. The molecule has 0 aliphatic heterocycles. The first kappa shape index (κ1) is 12.9. The number of aromatic nitrogens is 2. The molecule has 100 valence electrons. The van der Waals surface area contributed by atoms with Crippen molar-refractivity contribution in [2.75, 3.05) is 0 Å². The third-order valence-corrected chi connectivity index (χ3v) is 3.50. The second-order valence-electron chi connectivity index (χ2n) is 3.77. The number of allylic oxidation sites excluding steroid dienone is 1. The standard InChI is InChI=1S/C9H9F3N2O3S/c1-14-8-4-7(3-2-6(8)5-13-14)17-18(15,16)9(10,11)12/h4-5H,2-3H2,1H3. The number of halogens is 3. The van der Waals surface area contributed by atoms with E-state index < -0.39 is 15.6 Å². The van der Waals surface area contributed by atoms with Crippen LogP contribution in [-0.4, -0.2) is 23.7 Å². The van der Waals surface area contributed by atoms with Gasteiger partial charge in [-0.2, -0.15) is 26.7 Å². The van der Waals surface area contributed by atoms with E-state index in [-0.39, 0.29) is 12.2 Å². The Balaban J connectivity index is 2.29. The molecule has 0 saturated heterocycles. The summed E-state index contributed by atoms with van der Waals surface area (Å²) >= 11 is 0. The highest BCUT2D eigenvalue weighted by Crippen LogP contribution is 2.31. The van der Waals surface area contributed by atoms with Crippen molar-refractivity contribution in [2.24, 2.45) is 7.05 Å². The minimum atomic E-state index is -5.59. The van der Waals surface area contributed by atoms with Crippen LogP contribution in [0, 0.1) is 0 Å². The van der Waals surface area contributed by atoms with E-state index in [4.69, 9.17) is 0 Å². The monoisotopic (exact) mass is 282 g/mol. The number of nitrogens with zero attached hydrogens (tertiary/aromatic N) is 2. The zero-order chi connectivity index (χ0) is 13.6. The van der Waals surface area contributed by atoms with Gasteiger partial charge in [-0.3, -0.25) is 4.68 Å². The van der Waals surface area contributed by atoms with Crippen LogP contribution < -0.4 is 0 Å². The molecule has 0 bridgehead atoms. The van der Waals surface area contributed by atoms with Crippen molar-refractivity contribution in [2.45, 2.75) is 18.3 Å². The van der Waals surface area contributed by atoms with Gasteiger partial charge < -0.3 is 4.18 Å². The lowest BCUT2D eigenvalue weighted by atomic mass is 10.0. The Morgan fingerprint density at radius 1 is 1.39 bits per heavy atom. The van der Waals surface area contributed by atoms with Crippen molar-refractivity contribution in [1.29, 1.82) is 0 Å². The first-order valence-corrected chi connectivity index (χ1v) is 6.34. The van der Waals surface area contributed by atoms with Gasteiger partial charge in [0, 0.05) is 19.5 Å². The summed E-state index contributed by atoms with van der Waals surface area (Å²) in [5.74, 6) is -0.233. The average Bonchev–Trinajstić information content (AvgIpc) is 2.58. The summed E-state index contributed by atoms with van der Waals surface area (Å²) in [7, 11) is -3.99. The molecule has 9 heteroatoms. The molecule has 1 heterocycles. The number of hydrogen-bond donors (Lipinski definition) is 0. The summed E-state index contributed by atoms with van der Waals surface area (Å²) in [5.41, 5.74) is -4.02. The Kier molecular flexibility index (Phi) is 2.88. The molecule has 0 unspecified atom stereocenters. The predicted octanol–water partition coefficient (Wildman–Crippen LogP) is 1.57. The highest BCUT2D eigenvalue weighted by Gasteiger charge is 2.48. The van der Waals surface area contributed by atoms with Crippen LogP contribution in [0.2, 0.25) is 0 Å². The molecular formula is C9H9F3N2O3S. The summed E-state index contributed by atoms with van der Waals surface area (Å²) < 4.78 is 63.7. The third kappa shape index (κ3) is 2.22. The summed E-state index contributed by atoms with van der Waals surface area (Å²) in [6, 6.07) is 0. The molecule has 0 fully saturated rings. The Morgan fingerprint density at radius 3 is 2.67 bits per heavy atom. The van der Waals surface area contributed by atoms with Crippen molar-refractivity contribution in [3.05, 3.63) is 23.2 Å². The van der Waals surface area contributed by atoms with E-state index in [9.17, 15) is 21.6 Å². The van der Waals surface area contributed by atoms with Crippen molar-refractivity contribution in [1.82, 2.24) is 9.78 Å². The van der Waals surface area contributed by atoms with Crippen LogP contribution in [-0.2, 0) is 27.8 Å². The van der Waals surface area contributed by atoms with Crippen LogP contribution in [0.25, 0.3) is 6.08 Å². The van der Waals surface area contributed by atoms with Crippen LogP contribution in [0.15, 0.2) is 12.0 Å². The molecule has 5 nitrogen and oxygen atoms in total. The van der Waals surface area contributed by atoms with E-state index in [2.05, 4.69) is 9.28 Å². The fourth-order valence-corrected chi connectivity index (χ4v) is 2.12. The lowest BCUT2D eigenvalue weighted by Crippen LogP contribution is -2.25. The zero-order valence-corrected chi connectivity index (χ0v) is 10.0. The normalized spacial score (nSPS) is 16.1. The first-order valence-electron chi connectivity index (χ1n) is 4.93. The van der Waals surface area contributed by atoms with Crippen LogP contribution in [0.1, 0.15) is 17.7 Å². The largest absolute Gasteiger partial charge is 0.534 e. The van der Waals surface area contributed by atoms with E-state index in [0.29, 0.717) is 12.1 Å². The van der Waals surface area contributed by atoms with E-state index in [1.165, 1.54) is 10.8 Å². The quantitative estimate of drug-likeness (QED) is 0.610. The van der Waals surface area contributed by atoms with E-state index in [0.717, 1.165) is 5.56 Å². The Hall–Kier alpha value is -1.51. The minimum Gasteiger partial charge on any atom is -0.380 e. The van der Waals surface area contributed by atoms with Gasteiger partial charge in [0.2, 0.25) is 0 Å². The zero-order valence-electron chi connectivity index (χ0n) is 9.23. The Labute approximate surface area is 101 Å². The lowest BCUT2D eigenvalue weighted by molar-refractivity contribution is -0.0522. The van der Waals surface area contributed by atoms with Gasteiger partial charge in [-0.05, 0) is 12.0 Å². The molecule has 0 radical (unpaired) electrons. The number of hydrogen-bond acceptors (Lipinski definition) is 4. The van der Waals surface area contributed by atoms with E-state index in [1.807, 2.05) is 0 Å². The first-order chi connectivity index (χ1) is 8.21. The molecule has 1 aliphatic rings. The number of fused-ring (bicyclic) bond motifs is 1. The van der Waals surface area contributed by atoms with Gasteiger partial charge >= 0.3 is 15.6 Å². The molecule has 0 spiro atoms. The molecule has 0 aromatic carbocycles. The summed E-state index contributed by atoms with van der Waals surface area (Å²) in [6.07, 6.45) is 3.33. The number of aryl methyl sites for hydroxylation is 2. The average molecular weight is 282 g/mol. The van der Waals surface area contributed by atoms with Crippen LogP contribution in [0.3, 0.4) is 0 Å². The van der Waals surface area contributed by atoms with Gasteiger partial charge in [-0.25, -0.2) is 0 Å². The molecule has 0 N–H and O–H groups in total. The van der Waals surface area contributed by atoms with Gasteiger partial charge in [0.15, 0.2) is 0 Å². The van der Waals surface area contributed by atoms with Gasteiger partial charge in [-0.15, -0.1) is 0 Å². The van der Waals surface area contributed by atoms with Crippen LogP contribution in [0.5, 0.6) is 0 Å². The smallest absolute Gasteiger partial charge is 0.380 e. The second kappa shape index (κ2) is 4.01. The van der Waals surface area contributed by atoms with Crippen molar-refractivity contribution in [3.63, 3.8) is 0 Å². The predicted molar refractivity (Wildman–Crippen MR) is 55.6 cm³/mol. The maximum absolute atomic E-state index is 12.1. The SMILES string of the molecule is Cn1ncc2c1C=C(OS(=O)(=O)C(F)(F)F)CC2. The maximum atomic E-state index is 12.1. The van der Waals surface area contributed by atoms with Gasteiger partial charge in [0.05, 0.1) is 11.9 Å². The van der Waals surface area contributed by atoms with Gasteiger partial charge in [-0.1, -0.05) is 0 Å². The van der Waals surface area contributed by atoms with Crippen molar-refractivity contribution in [3.8, 4) is 0 Å². The van der Waals surface area contributed by atoms with Gasteiger partial charge in [0.1, 0.15) is 5.76 Å². The Morgan fingerprint density at radius 2 is 2.06 bits per heavy atom. The van der Waals surface area contributed by atoms with Crippen molar-refractivity contribution < 1.29 is 25.8 Å². The van der Waals surface area contributed by atoms with E-state index >= 15 is 0 Å². The second-order valence-corrected chi connectivity index (χ2v) is 5.31. The molecule has 2 rings (SSSR count). The molecule has 18 heavy (non-hydrogen) atoms. The highest BCUT2D eigenvalue weighted by molar-refractivity contribution is 7.87. The van der Waals surface area contributed by atoms with Crippen LogP contribution in [0.4, 0.5) is 13.2 Å². The molecular weight excluding hydrogens is 273 g/mol. The summed E-state index contributed by atoms with van der Waals surface area (Å²) in [5, 5.41) is 3.92. The highest BCUT2D eigenvalue weighted by atomic mass is 32.2. The topological polar surface area (TPSA) is 61.2 Å². The molecule has 0 atom stereocenters. The fourth-order valence-electron chi connectivity index (χ4n) is 1.61. The molecule has 1 aromatic heterocycles. The number of alkyl halides is 3. The molecule has 0 amide bonds. The lowest BCUT2D eigenvalue weighted by Gasteiger charge is -2.15. The van der Waals surface area contributed by atoms with Crippen LogP contribution >= 0.6 is 0 Å².